The Kier molecular flexibility index (Phi) is 3.12. The number of hydrogen-bond acceptors (Lipinski definition) is 4. The van der Waals surface area contributed by atoms with Crippen LogP contribution in [0.25, 0.3) is 0 Å². The van der Waals surface area contributed by atoms with Crippen LogP contribution in [0.1, 0.15) is 19.3 Å². The van der Waals surface area contributed by atoms with Gasteiger partial charge in [0, 0.05) is 19.1 Å². The van der Waals surface area contributed by atoms with E-state index in [1.807, 2.05) is 12.1 Å². The third-order valence-electron chi connectivity index (χ3n) is 4.44. The summed E-state index contributed by atoms with van der Waals surface area (Å²) in [6.07, 6.45) is 5.71. The summed E-state index contributed by atoms with van der Waals surface area (Å²) < 4.78 is 0. The zero-order valence-corrected chi connectivity index (χ0v) is 11.0. The molecule has 3 heterocycles. The van der Waals surface area contributed by atoms with Crippen molar-refractivity contribution in [1.29, 1.82) is 0 Å². The van der Waals surface area contributed by atoms with E-state index in [4.69, 9.17) is 5.73 Å². The van der Waals surface area contributed by atoms with Crippen LogP contribution in [0.3, 0.4) is 0 Å². The maximum Gasteiger partial charge on any atom is 0.128 e. The van der Waals surface area contributed by atoms with Crippen LogP contribution in [-0.2, 0) is 0 Å². The van der Waals surface area contributed by atoms with Crippen LogP contribution in [0.4, 0.5) is 11.5 Å². The number of nitrogens with two attached hydrogens (primary N) is 1. The van der Waals surface area contributed by atoms with Gasteiger partial charge in [-0.05, 0) is 50.9 Å². The summed E-state index contributed by atoms with van der Waals surface area (Å²) in [5, 5.41) is 0. The van der Waals surface area contributed by atoms with Gasteiger partial charge in [0.1, 0.15) is 5.82 Å². The first-order chi connectivity index (χ1) is 8.74. The number of rotatable bonds is 1. The van der Waals surface area contributed by atoms with Gasteiger partial charge in [-0.25, -0.2) is 4.98 Å². The van der Waals surface area contributed by atoms with Crippen molar-refractivity contribution in [1.82, 2.24) is 9.88 Å². The monoisotopic (exact) mass is 246 g/mol. The minimum absolute atomic E-state index is 0.742. The number of hydrogen-bond donors (Lipinski definition) is 1. The highest BCUT2D eigenvalue weighted by Crippen LogP contribution is 2.31. The van der Waals surface area contributed by atoms with Crippen molar-refractivity contribution in [2.24, 2.45) is 5.92 Å². The molecule has 3 rings (SSSR count). The number of nitrogen functional groups attached to an aromatic ring is 1. The summed E-state index contributed by atoms with van der Waals surface area (Å²) in [6, 6.07) is 4.77. The zero-order valence-electron chi connectivity index (χ0n) is 11.0. The fourth-order valence-electron chi connectivity index (χ4n) is 3.45. The number of pyridine rings is 1. The lowest BCUT2D eigenvalue weighted by Crippen LogP contribution is -2.52. The second-order valence-corrected chi connectivity index (χ2v) is 5.63. The molecule has 0 bridgehead atoms. The van der Waals surface area contributed by atoms with Gasteiger partial charge in [0.05, 0.1) is 11.9 Å². The van der Waals surface area contributed by atoms with E-state index >= 15 is 0 Å². The van der Waals surface area contributed by atoms with Gasteiger partial charge < -0.3 is 15.5 Å². The third-order valence-corrected chi connectivity index (χ3v) is 4.44. The van der Waals surface area contributed by atoms with Crippen LogP contribution >= 0.6 is 0 Å². The highest BCUT2D eigenvalue weighted by atomic mass is 15.2. The summed E-state index contributed by atoms with van der Waals surface area (Å²) in [5.41, 5.74) is 6.43. The summed E-state index contributed by atoms with van der Waals surface area (Å²) in [5.74, 6) is 1.88. The fraction of sp³-hybridized carbons (Fsp3) is 0.643. The summed E-state index contributed by atoms with van der Waals surface area (Å²) >= 11 is 0. The third kappa shape index (κ3) is 2.17. The minimum Gasteiger partial charge on any atom is -0.397 e. The van der Waals surface area contributed by atoms with E-state index in [1.165, 1.54) is 25.8 Å². The number of nitrogens with zero attached hydrogens (tertiary/aromatic N) is 3. The maximum atomic E-state index is 5.69. The molecule has 2 saturated heterocycles. The molecule has 0 saturated carbocycles. The molecular formula is C14H22N4. The second-order valence-electron chi connectivity index (χ2n) is 5.63. The highest BCUT2D eigenvalue weighted by Gasteiger charge is 2.34. The molecule has 2 N–H and O–H groups in total. The van der Waals surface area contributed by atoms with E-state index in [-0.39, 0.29) is 0 Å². The van der Waals surface area contributed by atoms with Crippen molar-refractivity contribution >= 4 is 11.5 Å². The molecule has 2 aliphatic rings. The molecule has 2 atom stereocenters. The lowest BCUT2D eigenvalue weighted by atomic mass is 9.84. The van der Waals surface area contributed by atoms with Gasteiger partial charge in [-0.15, -0.1) is 0 Å². The van der Waals surface area contributed by atoms with Crippen LogP contribution in [0, 0.1) is 5.92 Å². The van der Waals surface area contributed by atoms with Crippen LogP contribution in [0.5, 0.6) is 0 Å². The molecule has 0 radical (unpaired) electrons. The average molecular weight is 246 g/mol. The first-order valence-corrected chi connectivity index (χ1v) is 6.91. The van der Waals surface area contributed by atoms with Crippen molar-refractivity contribution in [2.45, 2.75) is 25.3 Å². The van der Waals surface area contributed by atoms with Gasteiger partial charge in [-0.2, -0.15) is 0 Å². The van der Waals surface area contributed by atoms with Crippen LogP contribution < -0.4 is 10.6 Å². The van der Waals surface area contributed by atoms with E-state index in [0.29, 0.717) is 0 Å². The smallest absolute Gasteiger partial charge is 0.128 e. The Morgan fingerprint density at radius 1 is 1.28 bits per heavy atom. The van der Waals surface area contributed by atoms with Crippen molar-refractivity contribution in [3.8, 4) is 0 Å². The predicted octanol–water partition coefficient (Wildman–Crippen LogP) is 1.58. The topological polar surface area (TPSA) is 45.4 Å². The van der Waals surface area contributed by atoms with E-state index in [2.05, 4.69) is 21.8 Å². The Bertz CT molecular complexity index is 403. The SMILES string of the molecule is CN1CCCC2CN(c3ccc(N)cn3)CCC21. The summed E-state index contributed by atoms with van der Waals surface area (Å²) in [7, 11) is 2.27. The molecular weight excluding hydrogens is 224 g/mol. The van der Waals surface area contributed by atoms with Gasteiger partial charge in [0.25, 0.3) is 0 Å². The van der Waals surface area contributed by atoms with E-state index in [9.17, 15) is 0 Å². The number of anilines is 2. The van der Waals surface area contributed by atoms with Crippen LogP contribution in [0.2, 0.25) is 0 Å². The minimum atomic E-state index is 0.742. The zero-order chi connectivity index (χ0) is 12.5. The molecule has 0 aromatic carbocycles. The van der Waals surface area contributed by atoms with E-state index in [1.54, 1.807) is 6.20 Å². The van der Waals surface area contributed by atoms with Crippen molar-refractivity contribution < 1.29 is 0 Å². The molecule has 1 aromatic heterocycles. The number of likely N-dealkylation sites (tertiary alicyclic amines) is 1. The predicted molar refractivity (Wildman–Crippen MR) is 74.6 cm³/mol. The molecule has 2 aliphatic heterocycles. The standard InChI is InChI=1S/C14H22N4/c1-17-7-2-3-11-10-18(8-6-13(11)17)14-5-4-12(15)9-16-14/h4-5,9,11,13H,2-3,6-8,10,15H2,1H3. The molecule has 18 heavy (non-hydrogen) atoms. The van der Waals surface area contributed by atoms with Crippen LogP contribution in [-0.4, -0.2) is 42.6 Å². The van der Waals surface area contributed by atoms with Crippen molar-refractivity contribution in [2.75, 3.05) is 37.3 Å². The highest BCUT2D eigenvalue weighted by molar-refractivity contribution is 5.46. The Morgan fingerprint density at radius 2 is 2.17 bits per heavy atom. The Hall–Kier alpha value is -1.29. The van der Waals surface area contributed by atoms with E-state index in [0.717, 1.165) is 36.6 Å². The Morgan fingerprint density at radius 3 is 2.94 bits per heavy atom. The molecule has 1 aromatic rings. The molecule has 4 heteroatoms. The van der Waals surface area contributed by atoms with E-state index < -0.39 is 0 Å². The quantitative estimate of drug-likeness (QED) is 0.817. The second kappa shape index (κ2) is 4.76. The Balaban J connectivity index is 1.72. The van der Waals surface area contributed by atoms with Crippen molar-refractivity contribution in [3.05, 3.63) is 18.3 Å². The molecule has 98 valence electrons. The normalized spacial score (nSPS) is 29.1. The number of piperidine rings is 2. The molecule has 2 unspecified atom stereocenters. The van der Waals surface area contributed by atoms with Crippen molar-refractivity contribution in [3.63, 3.8) is 0 Å². The number of aromatic nitrogens is 1. The Labute approximate surface area is 109 Å². The van der Waals surface area contributed by atoms with Gasteiger partial charge in [0.2, 0.25) is 0 Å². The van der Waals surface area contributed by atoms with Gasteiger partial charge in [0.15, 0.2) is 0 Å². The fourth-order valence-corrected chi connectivity index (χ4v) is 3.45. The first kappa shape index (κ1) is 11.8. The first-order valence-electron chi connectivity index (χ1n) is 6.91. The lowest BCUT2D eigenvalue weighted by Gasteiger charge is -2.46. The summed E-state index contributed by atoms with van der Waals surface area (Å²) in [6.45, 7) is 3.52. The molecule has 4 nitrogen and oxygen atoms in total. The summed E-state index contributed by atoms with van der Waals surface area (Å²) in [4.78, 5) is 9.41. The lowest BCUT2D eigenvalue weighted by molar-refractivity contribution is 0.102. The van der Waals surface area contributed by atoms with Crippen LogP contribution in [0.15, 0.2) is 18.3 Å². The largest absolute Gasteiger partial charge is 0.397 e. The maximum absolute atomic E-state index is 5.69. The average Bonchev–Trinajstić information content (AvgIpc) is 2.39. The molecule has 0 aliphatic carbocycles. The molecule has 0 amide bonds. The molecule has 2 fully saturated rings. The number of fused-ring (bicyclic) bond motifs is 1. The van der Waals surface area contributed by atoms with Gasteiger partial charge in [-0.1, -0.05) is 0 Å². The van der Waals surface area contributed by atoms with Gasteiger partial charge >= 0.3 is 0 Å². The van der Waals surface area contributed by atoms with Gasteiger partial charge in [-0.3, -0.25) is 0 Å². The molecule has 0 spiro atoms.